The van der Waals surface area contributed by atoms with Crippen molar-refractivity contribution in [3.05, 3.63) is 76.3 Å². The van der Waals surface area contributed by atoms with Gasteiger partial charge >= 0.3 is 5.97 Å². The van der Waals surface area contributed by atoms with Gasteiger partial charge in [0, 0.05) is 5.56 Å². The fourth-order valence-electron chi connectivity index (χ4n) is 3.25. The number of carbonyl (C=O) groups is 2. The number of allylic oxidation sites excluding steroid dienone is 1. The van der Waals surface area contributed by atoms with Crippen LogP contribution in [0.4, 0.5) is 0 Å². The number of nitrogens with one attached hydrogen (secondary N) is 1. The summed E-state index contributed by atoms with van der Waals surface area (Å²) < 4.78 is 10.6. The van der Waals surface area contributed by atoms with Crippen molar-refractivity contribution in [2.24, 2.45) is 5.92 Å². The molecule has 0 aromatic heterocycles. The maximum Gasteiger partial charge on any atom is 0.316 e. The Kier molecular flexibility index (Phi) is 7.31. The Morgan fingerprint density at radius 2 is 1.84 bits per heavy atom. The van der Waals surface area contributed by atoms with Crippen LogP contribution in [0.1, 0.15) is 17.0 Å². The fraction of sp³-hybridized carbons (Fsp3) is 0.217. The van der Waals surface area contributed by atoms with Crippen LogP contribution in [-0.2, 0) is 20.9 Å². The first-order valence-electron chi connectivity index (χ1n) is 9.39. The summed E-state index contributed by atoms with van der Waals surface area (Å²) in [4.78, 5) is 24.8. The van der Waals surface area contributed by atoms with Gasteiger partial charge in [-0.1, -0.05) is 60.3 Å². The van der Waals surface area contributed by atoms with Gasteiger partial charge in [0.25, 0.3) is 0 Å². The van der Waals surface area contributed by atoms with Gasteiger partial charge in [-0.15, -0.1) is 0 Å². The molecule has 0 bridgehead atoms. The van der Waals surface area contributed by atoms with E-state index >= 15 is 0 Å². The van der Waals surface area contributed by atoms with E-state index < -0.39 is 23.7 Å². The first-order valence-corrected chi connectivity index (χ1v) is 10.4. The lowest BCUT2D eigenvalue weighted by Crippen LogP contribution is -2.39. The number of hydrogen-bond donors (Lipinski definition) is 1. The second-order valence-corrected chi connectivity index (χ2v) is 7.59. The van der Waals surface area contributed by atoms with E-state index in [1.54, 1.807) is 24.3 Å². The largest absolute Gasteiger partial charge is 0.496 e. The van der Waals surface area contributed by atoms with E-state index in [2.05, 4.69) is 11.4 Å². The number of amides is 1. The molecule has 2 atom stereocenters. The highest BCUT2D eigenvalue weighted by Gasteiger charge is 2.40. The molecule has 1 N–H and O–H groups in total. The van der Waals surface area contributed by atoms with Gasteiger partial charge in [-0.3, -0.25) is 9.59 Å². The van der Waals surface area contributed by atoms with Crippen molar-refractivity contribution in [1.82, 2.24) is 5.32 Å². The van der Waals surface area contributed by atoms with Crippen LogP contribution in [0.25, 0.3) is 0 Å². The quantitative estimate of drug-likeness (QED) is 0.667. The molecule has 0 radical (unpaired) electrons. The minimum Gasteiger partial charge on any atom is -0.496 e. The molecule has 8 heteroatoms. The van der Waals surface area contributed by atoms with E-state index in [1.807, 2.05) is 36.4 Å². The Balaban J connectivity index is 1.81. The number of nitrogens with zero attached hydrogens (tertiary/aromatic N) is 2. The maximum absolute atomic E-state index is 12.6. The minimum absolute atomic E-state index is 0.0938. The van der Waals surface area contributed by atoms with Crippen LogP contribution in [-0.4, -0.2) is 24.7 Å². The molecule has 156 valence electrons. The van der Waals surface area contributed by atoms with E-state index in [4.69, 9.17) is 9.47 Å². The third-order valence-electron chi connectivity index (χ3n) is 4.72. The highest BCUT2D eigenvalue weighted by Crippen LogP contribution is 2.42. The summed E-state index contributed by atoms with van der Waals surface area (Å²) >= 11 is 1.00. The van der Waals surface area contributed by atoms with Gasteiger partial charge in [-0.05, 0) is 11.6 Å². The second-order valence-electron chi connectivity index (χ2n) is 6.61. The monoisotopic (exact) mass is 433 g/mol. The summed E-state index contributed by atoms with van der Waals surface area (Å²) in [6.45, 7) is 0.136. The third-order valence-corrected chi connectivity index (χ3v) is 5.71. The molecule has 0 unspecified atom stereocenters. The highest BCUT2D eigenvalue weighted by molar-refractivity contribution is 8.03. The molecule has 2 aromatic carbocycles. The predicted octanol–water partition coefficient (Wildman–Crippen LogP) is 3.26. The molecule has 1 heterocycles. The zero-order valence-electron chi connectivity index (χ0n) is 16.7. The fourth-order valence-corrected chi connectivity index (χ4v) is 4.10. The van der Waals surface area contributed by atoms with Gasteiger partial charge in [-0.2, -0.15) is 10.5 Å². The Bertz CT molecular complexity index is 1090. The number of esters is 1. The van der Waals surface area contributed by atoms with Crippen LogP contribution in [0.3, 0.4) is 0 Å². The number of benzene rings is 2. The number of hydrogen-bond acceptors (Lipinski definition) is 7. The molecule has 31 heavy (non-hydrogen) atoms. The van der Waals surface area contributed by atoms with Crippen molar-refractivity contribution in [2.45, 2.75) is 12.5 Å². The van der Waals surface area contributed by atoms with Crippen molar-refractivity contribution in [1.29, 1.82) is 10.5 Å². The normalized spacial score (nSPS) is 17.8. The van der Waals surface area contributed by atoms with Crippen LogP contribution in [0, 0.1) is 28.6 Å². The van der Waals surface area contributed by atoms with Crippen LogP contribution in [0.15, 0.2) is 65.2 Å². The number of methoxy groups -OCH3 is 1. The number of carbonyl (C=O) groups excluding carboxylic acids is 2. The van der Waals surface area contributed by atoms with E-state index in [0.717, 1.165) is 17.3 Å². The van der Waals surface area contributed by atoms with Crippen LogP contribution in [0.5, 0.6) is 5.75 Å². The molecule has 0 fully saturated rings. The SMILES string of the molecule is COc1ccccc1[C@H]1C(C#N)=C(SCC(=O)OCc2ccccc2)NC(=O)[C@@H]1C#N. The lowest BCUT2D eigenvalue weighted by Gasteiger charge is -2.29. The first kappa shape index (κ1) is 21.9. The molecule has 0 saturated carbocycles. The molecule has 0 saturated heterocycles. The van der Waals surface area contributed by atoms with Crippen molar-refractivity contribution in [3.8, 4) is 17.9 Å². The lowest BCUT2D eigenvalue weighted by atomic mass is 9.79. The Hall–Kier alpha value is -3.75. The summed E-state index contributed by atoms with van der Waals surface area (Å²) in [6, 6.07) is 20.3. The van der Waals surface area contributed by atoms with E-state index in [-0.39, 0.29) is 23.0 Å². The van der Waals surface area contributed by atoms with Gasteiger partial charge < -0.3 is 14.8 Å². The predicted molar refractivity (Wildman–Crippen MR) is 114 cm³/mol. The minimum atomic E-state index is -1.10. The molecule has 1 amide bonds. The lowest BCUT2D eigenvalue weighted by molar-refractivity contribution is -0.141. The van der Waals surface area contributed by atoms with Crippen molar-refractivity contribution in [2.75, 3.05) is 12.9 Å². The van der Waals surface area contributed by atoms with Gasteiger partial charge in [0.05, 0.1) is 41.5 Å². The smallest absolute Gasteiger partial charge is 0.316 e. The number of nitriles is 2. The van der Waals surface area contributed by atoms with Crippen LogP contribution < -0.4 is 10.1 Å². The Morgan fingerprint density at radius 1 is 1.13 bits per heavy atom. The van der Waals surface area contributed by atoms with Gasteiger partial charge in [0.15, 0.2) is 0 Å². The number of rotatable bonds is 7. The van der Waals surface area contributed by atoms with E-state index in [0.29, 0.717) is 11.3 Å². The number of ether oxygens (including phenoxy) is 2. The number of para-hydroxylation sites is 1. The second kappa shape index (κ2) is 10.3. The Morgan fingerprint density at radius 3 is 2.52 bits per heavy atom. The zero-order chi connectivity index (χ0) is 22.2. The zero-order valence-corrected chi connectivity index (χ0v) is 17.5. The topological polar surface area (TPSA) is 112 Å². The average molecular weight is 433 g/mol. The van der Waals surface area contributed by atoms with Crippen molar-refractivity contribution in [3.63, 3.8) is 0 Å². The van der Waals surface area contributed by atoms with E-state index in [9.17, 15) is 20.1 Å². The third kappa shape index (κ3) is 5.06. The molecule has 1 aliphatic heterocycles. The summed E-state index contributed by atoms with van der Waals surface area (Å²) in [6.07, 6.45) is 0. The molecule has 3 rings (SSSR count). The molecule has 1 aliphatic rings. The maximum atomic E-state index is 12.6. The average Bonchev–Trinajstić information content (AvgIpc) is 2.81. The molecule has 2 aromatic rings. The molecule has 7 nitrogen and oxygen atoms in total. The van der Waals surface area contributed by atoms with Crippen LogP contribution in [0.2, 0.25) is 0 Å². The standard InChI is InChI=1S/C23H19N3O4S/c1-29-19-10-6-5-9-16(19)21-17(11-24)22(28)26-23(18(21)12-25)31-14-20(27)30-13-15-7-3-2-4-8-15/h2-10,17,21H,13-14H2,1H3,(H,26,28)/t17-,21-/m1/s1. The summed E-state index contributed by atoms with van der Waals surface area (Å²) in [7, 11) is 1.48. The summed E-state index contributed by atoms with van der Waals surface area (Å²) in [5.74, 6) is -2.53. The molecular formula is C23H19N3O4S. The van der Waals surface area contributed by atoms with Gasteiger partial charge in [-0.25, -0.2) is 0 Å². The molecule has 0 spiro atoms. The van der Waals surface area contributed by atoms with Crippen LogP contribution >= 0.6 is 11.8 Å². The van der Waals surface area contributed by atoms with Crippen molar-refractivity contribution < 1.29 is 19.1 Å². The van der Waals surface area contributed by atoms with E-state index in [1.165, 1.54) is 7.11 Å². The Labute approximate surface area is 184 Å². The highest BCUT2D eigenvalue weighted by atomic mass is 32.2. The first-order chi connectivity index (χ1) is 15.1. The summed E-state index contributed by atoms with van der Waals surface area (Å²) in [5, 5.41) is 22.3. The van der Waals surface area contributed by atoms with Gasteiger partial charge in [0.2, 0.25) is 5.91 Å². The molecular weight excluding hydrogens is 414 g/mol. The molecule has 0 aliphatic carbocycles. The number of thioether (sulfide) groups is 1. The van der Waals surface area contributed by atoms with Gasteiger partial charge in [0.1, 0.15) is 18.3 Å². The van der Waals surface area contributed by atoms with Crippen molar-refractivity contribution >= 4 is 23.6 Å². The summed E-state index contributed by atoms with van der Waals surface area (Å²) in [5.41, 5.74) is 1.63.